The number of anilines is 3. The van der Waals surface area contributed by atoms with Crippen molar-refractivity contribution < 1.29 is 4.74 Å². The first-order chi connectivity index (χ1) is 13.3. The molecule has 140 valence electrons. The van der Waals surface area contributed by atoms with E-state index in [0.717, 1.165) is 69.8 Å². The number of hydrogen-bond acceptors (Lipinski definition) is 8. The molecule has 8 heteroatoms. The highest BCUT2D eigenvalue weighted by atomic mass is 16.5. The minimum absolute atomic E-state index is 0.382. The maximum Gasteiger partial charge on any atom is 0.227 e. The topological polar surface area (TPSA) is 90.2 Å². The molecule has 0 radical (unpaired) electrons. The van der Waals surface area contributed by atoms with Crippen molar-refractivity contribution in [3.63, 3.8) is 0 Å². The van der Waals surface area contributed by atoms with Crippen molar-refractivity contribution in [3.05, 3.63) is 36.2 Å². The van der Waals surface area contributed by atoms with Crippen molar-refractivity contribution in [3.8, 4) is 6.07 Å². The van der Waals surface area contributed by atoms with Crippen molar-refractivity contribution in [2.75, 3.05) is 54.5 Å². The normalized spacial score (nSPS) is 18.2. The van der Waals surface area contributed by atoms with Crippen molar-refractivity contribution in [1.82, 2.24) is 15.0 Å². The summed E-state index contributed by atoms with van der Waals surface area (Å²) in [5.41, 5.74) is 0.593. The Labute approximate surface area is 158 Å². The second-order valence-electron chi connectivity index (χ2n) is 6.76. The average Bonchev–Trinajstić information content (AvgIpc) is 2.75. The average molecular weight is 365 g/mol. The van der Waals surface area contributed by atoms with E-state index < -0.39 is 0 Å². The number of piperidine rings is 1. The number of morpholine rings is 1. The molecule has 1 N–H and O–H groups in total. The van der Waals surface area contributed by atoms with E-state index in [1.807, 2.05) is 24.4 Å². The van der Waals surface area contributed by atoms with Gasteiger partial charge in [0.1, 0.15) is 17.7 Å². The zero-order valence-electron chi connectivity index (χ0n) is 15.2. The number of nitriles is 1. The van der Waals surface area contributed by atoms with Crippen LogP contribution in [0.2, 0.25) is 0 Å². The summed E-state index contributed by atoms with van der Waals surface area (Å²) < 4.78 is 5.39. The predicted molar refractivity (Wildman–Crippen MR) is 103 cm³/mol. The first-order valence-corrected chi connectivity index (χ1v) is 9.35. The molecule has 0 atom stereocenters. The van der Waals surface area contributed by atoms with Crippen LogP contribution in [0.3, 0.4) is 0 Å². The van der Waals surface area contributed by atoms with Crippen LogP contribution in [-0.2, 0) is 4.74 Å². The Bertz CT molecular complexity index is 790. The summed E-state index contributed by atoms with van der Waals surface area (Å²) in [5, 5.41) is 12.4. The Morgan fingerprint density at radius 2 is 1.85 bits per heavy atom. The molecule has 0 bridgehead atoms. The van der Waals surface area contributed by atoms with Gasteiger partial charge in [-0.2, -0.15) is 10.2 Å². The Kier molecular flexibility index (Phi) is 5.30. The molecule has 0 aliphatic carbocycles. The molecule has 0 saturated carbocycles. The highest BCUT2D eigenvalue weighted by molar-refractivity contribution is 5.44. The van der Waals surface area contributed by atoms with E-state index in [-0.39, 0.29) is 0 Å². The SMILES string of the molecule is N#Cc1ccc(N2CCC(Nc3ccnc(N4CCOCC4)n3)CC2)nc1. The van der Waals surface area contributed by atoms with Crippen LogP contribution in [0.25, 0.3) is 0 Å². The summed E-state index contributed by atoms with van der Waals surface area (Å²) in [6.45, 7) is 4.97. The third-order valence-electron chi connectivity index (χ3n) is 4.98. The predicted octanol–water partition coefficient (Wildman–Crippen LogP) is 1.66. The first-order valence-electron chi connectivity index (χ1n) is 9.35. The lowest BCUT2D eigenvalue weighted by molar-refractivity contribution is 0.122. The van der Waals surface area contributed by atoms with E-state index in [4.69, 9.17) is 10.00 Å². The van der Waals surface area contributed by atoms with Crippen LogP contribution in [0.1, 0.15) is 18.4 Å². The standard InChI is InChI=1S/C19H23N7O/c20-13-15-1-2-18(22-14-15)25-7-4-16(5-8-25)23-17-3-6-21-19(24-17)26-9-11-27-12-10-26/h1-3,6,14,16H,4-5,7-12H2,(H,21,23,24). The molecular weight excluding hydrogens is 342 g/mol. The van der Waals surface area contributed by atoms with Gasteiger partial charge in [-0.15, -0.1) is 0 Å². The van der Waals surface area contributed by atoms with Gasteiger partial charge in [0.25, 0.3) is 0 Å². The molecule has 8 nitrogen and oxygen atoms in total. The van der Waals surface area contributed by atoms with E-state index >= 15 is 0 Å². The number of rotatable bonds is 4. The number of pyridine rings is 1. The van der Waals surface area contributed by atoms with Crippen molar-refractivity contribution in [2.24, 2.45) is 0 Å². The second kappa shape index (κ2) is 8.18. The maximum atomic E-state index is 8.88. The summed E-state index contributed by atoms with van der Waals surface area (Å²) in [6.07, 6.45) is 5.47. The van der Waals surface area contributed by atoms with Crippen molar-refractivity contribution in [2.45, 2.75) is 18.9 Å². The Balaban J connectivity index is 1.33. The minimum Gasteiger partial charge on any atom is -0.378 e. The van der Waals surface area contributed by atoms with Gasteiger partial charge in [0.05, 0.1) is 18.8 Å². The fourth-order valence-corrected chi connectivity index (χ4v) is 3.45. The fourth-order valence-electron chi connectivity index (χ4n) is 3.45. The van der Waals surface area contributed by atoms with E-state index in [1.54, 1.807) is 6.20 Å². The van der Waals surface area contributed by atoms with Crippen LogP contribution in [0, 0.1) is 11.3 Å². The Morgan fingerprint density at radius 1 is 1.04 bits per heavy atom. The first kappa shape index (κ1) is 17.5. The lowest BCUT2D eigenvalue weighted by Crippen LogP contribution is -2.40. The summed E-state index contributed by atoms with van der Waals surface area (Å²) in [5.74, 6) is 2.58. The van der Waals surface area contributed by atoms with Gasteiger partial charge < -0.3 is 19.9 Å². The van der Waals surface area contributed by atoms with Crippen LogP contribution in [-0.4, -0.2) is 60.4 Å². The minimum atomic E-state index is 0.382. The quantitative estimate of drug-likeness (QED) is 0.875. The Morgan fingerprint density at radius 3 is 2.56 bits per heavy atom. The van der Waals surface area contributed by atoms with Crippen LogP contribution < -0.4 is 15.1 Å². The highest BCUT2D eigenvalue weighted by Crippen LogP contribution is 2.21. The number of aromatic nitrogens is 3. The van der Waals surface area contributed by atoms with E-state index in [2.05, 4.69) is 36.1 Å². The van der Waals surface area contributed by atoms with Crippen molar-refractivity contribution >= 4 is 17.6 Å². The van der Waals surface area contributed by atoms with Gasteiger partial charge >= 0.3 is 0 Å². The van der Waals surface area contributed by atoms with E-state index in [1.165, 1.54) is 0 Å². The monoisotopic (exact) mass is 365 g/mol. The maximum absolute atomic E-state index is 8.88. The lowest BCUT2D eigenvalue weighted by atomic mass is 10.0. The molecule has 2 aliphatic rings. The number of nitrogens with one attached hydrogen (secondary N) is 1. The van der Waals surface area contributed by atoms with E-state index in [0.29, 0.717) is 11.6 Å². The number of nitrogens with zero attached hydrogens (tertiary/aromatic N) is 6. The molecule has 2 aromatic rings. The van der Waals surface area contributed by atoms with Crippen LogP contribution in [0.15, 0.2) is 30.6 Å². The molecule has 0 aromatic carbocycles. The van der Waals surface area contributed by atoms with Crippen molar-refractivity contribution in [1.29, 1.82) is 5.26 Å². The van der Waals surface area contributed by atoms with Gasteiger partial charge in [0.15, 0.2) is 0 Å². The summed E-state index contributed by atoms with van der Waals surface area (Å²) in [6, 6.07) is 8.16. The number of hydrogen-bond donors (Lipinski definition) is 1. The van der Waals surface area contributed by atoms with Gasteiger partial charge in [-0.25, -0.2) is 9.97 Å². The third kappa shape index (κ3) is 4.26. The molecule has 0 amide bonds. The van der Waals surface area contributed by atoms with Gasteiger partial charge in [-0.05, 0) is 31.0 Å². The zero-order valence-corrected chi connectivity index (χ0v) is 15.2. The Hall–Kier alpha value is -2.92. The van der Waals surface area contributed by atoms with E-state index in [9.17, 15) is 0 Å². The third-order valence-corrected chi connectivity index (χ3v) is 4.98. The van der Waals surface area contributed by atoms with Gasteiger partial charge in [0.2, 0.25) is 5.95 Å². The molecule has 2 fully saturated rings. The largest absolute Gasteiger partial charge is 0.378 e. The highest BCUT2D eigenvalue weighted by Gasteiger charge is 2.21. The summed E-state index contributed by atoms with van der Waals surface area (Å²) >= 11 is 0. The lowest BCUT2D eigenvalue weighted by Gasteiger charge is -2.33. The summed E-state index contributed by atoms with van der Waals surface area (Å²) in [4.78, 5) is 17.9. The van der Waals surface area contributed by atoms with Crippen LogP contribution in [0.4, 0.5) is 17.6 Å². The molecule has 2 aliphatic heterocycles. The molecule has 2 aromatic heterocycles. The molecule has 0 spiro atoms. The van der Waals surface area contributed by atoms with Crippen LogP contribution >= 0.6 is 0 Å². The molecular formula is C19H23N7O. The molecule has 4 heterocycles. The van der Waals surface area contributed by atoms with Gasteiger partial charge in [-0.1, -0.05) is 0 Å². The molecule has 4 rings (SSSR count). The zero-order chi connectivity index (χ0) is 18.5. The molecule has 27 heavy (non-hydrogen) atoms. The smallest absolute Gasteiger partial charge is 0.227 e. The summed E-state index contributed by atoms with van der Waals surface area (Å²) in [7, 11) is 0. The second-order valence-corrected chi connectivity index (χ2v) is 6.76. The fraction of sp³-hybridized carbons (Fsp3) is 0.474. The number of ether oxygens (including phenoxy) is 1. The molecule has 2 saturated heterocycles. The van der Waals surface area contributed by atoms with Gasteiger partial charge in [-0.3, -0.25) is 0 Å². The van der Waals surface area contributed by atoms with Crippen LogP contribution in [0.5, 0.6) is 0 Å². The molecule has 0 unspecified atom stereocenters. The van der Waals surface area contributed by atoms with Gasteiger partial charge in [0, 0.05) is 44.6 Å².